The molecule has 1 aromatic rings. The molecule has 1 unspecified atom stereocenters. The average Bonchev–Trinajstić information content (AvgIpc) is 2.17. The molecule has 0 aliphatic heterocycles. The minimum absolute atomic E-state index is 0.0742. The average molecular weight is 237 g/mol. The maximum Gasteiger partial charge on any atom is 0.254 e. The van der Waals surface area contributed by atoms with Crippen LogP contribution in [0.25, 0.3) is 0 Å². The van der Waals surface area contributed by atoms with Crippen molar-refractivity contribution in [3.8, 4) is 12.3 Å². The van der Waals surface area contributed by atoms with Gasteiger partial charge in [0, 0.05) is 24.4 Å². The van der Waals surface area contributed by atoms with E-state index in [1.807, 2.05) is 13.8 Å². The summed E-state index contributed by atoms with van der Waals surface area (Å²) in [5.41, 5.74) is 1.15. The number of halogens is 1. The summed E-state index contributed by atoms with van der Waals surface area (Å²) in [7, 11) is 0. The molecule has 1 amide bonds. The highest BCUT2D eigenvalue weighted by Crippen LogP contribution is 2.15. The summed E-state index contributed by atoms with van der Waals surface area (Å²) in [5, 5.41) is 3.15. The van der Waals surface area contributed by atoms with Crippen LogP contribution in [0.1, 0.15) is 29.4 Å². The number of amides is 1. The molecule has 1 heterocycles. The van der Waals surface area contributed by atoms with Crippen LogP contribution >= 0.6 is 11.6 Å². The van der Waals surface area contributed by atoms with Crippen molar-refractivity contribution in [3.05, 3.63) is 28.5 Å². The normalized spacial score (nSPS) is 11.6. The molecule has 0 aliphatic rings. The number of hydrogen-bond donors (Lipinski definition) is 1. The lowest BCUT2D eigenvalue weighted by atomic mass is 10.2. The summed E-state index contributed by atoms with van der Waals surface area (Å²) in [6.45, 7) is 3.65. The second-order valence-corrected chi connectivity index (χ2v) is 4.00. The van der Waals surface area contributed by atoms with Gasteiger partial charge in [-0.2, -0.15) is 0 Å². The molecule has 0 aromatic carbocycles. The Balaban J connectivity index is 2.78. The van der Waals surface area contributed by atoms with Crippen LogP contribution in [0.5, 0.6) is 0 Å². The van der Waals surface area contributed by atoms with Crippen LogP contribution in [0.2, 0.25) is 5.02 Å². The number of terminal acetylenes is 1. The fourth-order valence-corrected chi connectivity index (χ4v) is 1.52. The topological polar surface area (TPSA) is 42.0 Å². The van der Waals surface area contributed by atoms with Crippen molar-refractivity contribution < 1.29 is 4.79 Å². The van der Waals surface area contributed by atoms with E-state index in [-0.39, 0.29) is 11.9 Å². The van der Waals surface area contributed by atoms with Crippen molar-refractivity contribution in [3.63, 3.8) is 0 Å². The number of nitrogens with one attached hydrogen (secondary N) is 1. The first-order valence-corrected chi connectivity index (χ1v) is 5.29. The van der Waals surface area contributed by atoms with Crippen LogP contribution in [0.15, 0.2) is 12.3 Å². The monoisotopic (exact) mass is 236 g/mol. The molecule has 1 aromatic heterocycles. The van der Waals surface area contributed by atoms with Gasteiger partial charge in [-0.3, -0.25) is 9.78 Å². The Labute approximate surface area is 100 Å². The van der Waals surface area contributed by atoms with Gasteiger partial charge < -0.3 is 5.32 Å². The number of carbonyl (C=O) groups excluding carboxylic acids is 1. The van der Waals surface area contributed by atoms with Crippen molar-refractivity contribution in [1.82, 2.24) is 10.3 Å². The van der Waals surface area contributed by atoms with Gasteiger partial charge in [0.25, 0.3) is 5.91 Å². The Bertz CT molecular complexity index is 437. The molecule has 0 aliphatic carbocycles. The summed E-state index contributed by atoms with van der Waals surface area (Å²) in [5.74, 6) is 2.23. The Morgan fingerprint density at radius 1 is 1.75 bits per heavy atom. The molecule has 1 atom stereocenters. The molecule has 0 saturated carbocycles. The zero-order valence-corrected chi connectivity index (χ0v) is 10.0. The summed E-state index contributed by atoms with van der Waals surface area (Å²) in [6, 6.07) is 1.58. The van der Waals surface area contributed by atoms with Crippen molar-refractivity contribution in [1.29, 1.82) is 0 Å². The zero-order valence-electron chi connectivity index (χ0n) is 9.25. The third-order valence-corrected chi connectivity index (χ3v) is 2.35. The predicted molar refractivity (Wildman–Crippen MR) is 64.4 cm³/mol. The Morgan fingerprint density at radius 3 is 3.00 bits per heavy atom. The molecule has 4 heteroatoms. The van der Waals surface area contributed by atoms with Gasteiger partial charge in [0.05, 0.1) is 10.6 Å². The third kappa shape index (κ3) is 3.25. The maximum atomic E-state index is 11.8. The van der Waals surface area contributed by atoms with E-state index in [2.05, 4.69) is 16.2 Å². The minimum Gasteiger partial charge on any atom is -0.349 e. The van der Waals surface area contributed by atoms with Gasteiger partial charge in [-0.05, 0) is 19.9 Å². The summed E-state index contributed by atoms with van der Waals surface area (Å²) in [4.78, 5) is 15.8. The van der Waals surface area contributed by atoms with Crippen molar-refractivity contribution >= 4 is 17.5 Å². The van der Waals surface area contributed by atoms with Crippen LogP contribution in [0.4, 0.5) is 0 Å². The highest BCUT2D eigenvalue weighted by atomic mass is 35.5. The zero-order chi connectivity index (χ0) is 12.1. The number of hydrogen-bond acceptors (Lipinski definition) is 2. The molecule has 16 heavy (non-hydrogen) atoms. The van der Waals surface area contributed by atoms with Crippen molar-refractivity contribution in [2.45, 2.75) is 26.3 Å². The van der Waals surface area contributed by atoms with Crippen LogP contribution in [-0.2, 0) is 0 Å². The highest BCUT2D eigenvalue weighted by Gasteiger charge is 2.12. The van der Waals surface area contributed by atoms with Crippen LogP contribution < -0.4 is 5.32 Å². The molecule has 1 N–H and O–H groups in total. The summed E-state index contributed by atoms with van der Waals surface area (Å²) in [6.07, 6.45) is 7.11. The number of aryl methyl sites for hydroxylation is 1. The quantitative estimate of drug-likeness (QED) is 0.818. The summed E-state index contributed by atoms with van der Waals surface area (Å²) < 4.78 is 0. The summed E-state index contributed by atoms with van der Waals surface area (Å²) >= 11 is 5.94. The van der Waals surface area contributed by atoms with E-state index in [1.165, 1.54) is 6.20 Å². The SMILES string of the molecule is C#CCC(C)NC(=O)c1cnc(C)cc1Cl. The van der Waals surface area contributed by atoms with Crippen LogP contribution in [0.3, 0.4) is 0 Å². The molecular formula is C12H13ClN2O. The van der Waals surface area contributed by atoms with E-state index < -0.39 is 0 Å². The van der Waals surface area contributed by atoms with E-state index in [9.17, 15) is 4.79 Å². The standard InChI is InChI=1S/C12H13ClN2O/c1-4-5-8(2)15-12(16)10-7-14-9(3)6-11(10)13/h1,6-8H,5H2,2-3H3,(H,15,16). The molecule has 0 bridgehead atoms. The number of pyridine rings is 1. The van der Waals surface area contributed by atoms with E-state index >= 15 is 0 Å². The molecule has 0 spiro atoms. The van der Waals surface area contributed by atoms with E-state index in [4.69, 9.17) is 18.0 Å². The van der Waals surface area contributed by atoms with Gasteiger partial charge in [0.15, 0.2) is 0 Å². The Kier molecular flexibility index (Phi) is 4.33. The molecule has 3 nitrogen and oxygen atoms in total. The van der Waals surface area contributed by atoms with Crippen molar-refractivity contribution in [2.75, 3.05) is 0 Å². The lowest BCUT2D eigenvalue weighted by Crippen LogP contribution is -2.32. The number of aromatic nitrogens is 1. The number of carbonyl (C=O) groups is 1. The van der Waals surface area contributed by atoms with E-state index in [0.29, 0.717) is 17.0 Å². The van der Waals surface area contributed by atoms with E-state index in [1.54, 1.807) is 6.07 Å². The predicted octanol–water partition coefficient (Wildman–Crippen LogP) is 2.19. The van der Waals surface area contributed by atoms with Crippen molar-refractivity contribution in [2.24, 2.45) is 0 Å². The molecule has 0 saturated heterocycles. The molecule has 1 rings (SSSR count). The van der Waals surface area contributed by atoms with Gasteiger partial charge in [-0.25, -0.2) is 0 Å². The fraction of sp³-hybridized carbons (Fsp3) is 0.333. The van der Waals surface area contributed by atoms with Gasteiger partial charge in [0.2, 0.25) is 0 Å². The maximum absolute atomic E-state index is 11.8. The third-order valence-electron chi connectivity index (χ3n) is 2.04. The largest absolute Gasteiger partial charge is 0.349 e. The Hall–Kier alpha value is -1.53. The fourth-order valence-electron chi connectivity index (χ4n) is 1.22. The number of rotatable bonds is 3. The Morgan fingerprint density at radius 2 is 2.44 bits per heavy atom. The lowest BCUT2D eigenvalue weighted by molar-refractivity contribution is 0.0940. The van der Waals surface area contributed by atoms with Gasteiger partial charge in [-0.1, -0.05) is 11.6 Å². The lowest BCUT2D eigenvalue weighted by Gasteiger charge is -2.11. The van der Waals surface area contributed by atoms with Gasteiger partial charge >= 0.3 is 0 Å². The molecule has 0 radical (unpaired) electrons. The second kappa shape index (κ2) is 5.53. The van der Waals surface area contributed by atoms with Gasteiger partial charge in [-0.15, -0.1) is 12.3 Å². The highest BCUT2D eigenvalue weighted by molar-refractivity contribution is 6.33. The van der Waals surface area contributed by atoms with Gasteiger partial charge in [0.1, 0.15) is 0 Å². The smallest absolute Gasteiger partial charge is 0.254 e. The number of nitrogens with zero attached hydrogens (tertiary/aromatic N) is 1. The van der Waals surface area contributed by atoms with E-state index in [0.717, 1.165) is 5.69 Å². The molecular weight excluding hydrogens is 224 g/mol. The molecule has 0 fully saturated rings. The van der Waals surface area contributed by atoms with Crippen LogP contribution in [0, 0.1) is 19.3 Å². The first-order chi connectivity index (χ1) is 7.54. The second-order valence-electron chi connectivity index (χ2n) is 3.59. The first kappa shape index (κ1) is 12.5. The van der Waals surface area contributed by atoms with Crippen LogP contribution in [-0.4, -0.2) is 16.9 Å². The molecule has 84 valence electrons. The minimum atomic E-state index is -0.250. The first-order valence-electron chi connectivity index (χ1n) is 4.91.